The van der Waals surface area contributed by atoms with Crippen molar-refractivity contribution in [3.05, 3.63) is 65.0 Å². The molecule has 40 heavy (non-hydrogen) atoms. The fourth-order valence-electron chi connectivity index (χ4n) is 5.85. The number of morpholine rings is 1. The molecule has 9 nitrogen and oxygen atoms in total. The molecule has 2 aliphatic heterocycles. The number of aryl methyl sites for hydroxylation is 2. The molecule has 2 aromatic heterocycles. The number of rotatable bonds is 6. The lowest BCUT2D eigenvalue weighted by Gasteiger charge is -2.29. The Kier molecular flexibility index (Phi) is 7.37. The highest BCUT2D eigenvalue weighted by Crippen LogP contribution is 2.37. The molecule has 0 aliphatic carbocycles. The number of fused-ring (bicyclic) bond motifs is 1. The van der Waals surface area contributed by atoms with Crippen molar-refractivity contribution in [1.82, 2.24) is 20.0 Å². The molecular weight excluding hydrogens is 504 g/mol. The standard InChI is InChI=1S/C31H34N6O3/c1-20-19-33-34-21(2)30(20)22(3)40-26-7-8-28-27(17-26)31(35-37(28)29-6-4-5-11-39-29)24-14-23(18-32)15-25(16-24)36-9-12-38-13-10-36/h7-8,14-17,19,22,29H,4-6,9-13H2,1-3H3/t22-,29?/m0/s1. The van der Waals surface area contributed by atoms with Crippen LogP contribution in [0.4, 0.5) is 5.69 Å². The van der Waals surface area contributed by atoms with Crippen LogP contribution in [0.5, 0.6) is 5.75 Å². The van der Waals surface area contributed by atoms with E-state index in [0.717, 1.165) is 89.4 Å². The van der Waals surface area contributed by atoms with Gasteiger partial charge in [0, 0.05) is 41.9 Å². The van der Waals surface area contributed by atoms with Crippen LogP contribution in [0.25, 0.3) is 22.2 Å². The van der Waals surface area contributed by atoms with E-state index in [2.05, 4.69) is 39.4 Å². The van der Waals surface area contributed by atoms with Gasteiger partial charge in [0.2, 0.25) is 0 Å². The Labute approximate surface area is 234 Å². The number of anilines is 1. The maximum Gasteiger partial charge on any atom is 0.150 e. The van der Waals surface area contributed by atoms with Crippen molar-refractivity contribution in [2.75, 3.05) is 37.8 Å². The van der Waals surface area contributed by atoms with Gasteiger partial charge in [-0.2, -0.15) is 20.6 Å². The molecule has 4 heterocycles. The molecule has 0 spiro atoms. The van der Waals surface area contributed by atoms with E-state index < -0.39 is 0 Å². The summed E-state index contributed by atoms with van der Waals surface area (Å²) in [6.45, 7) is 9.67. The summed E-state index contributed by atoms with van der Waals surface area (Å²) in [5.74, 6) is 0.741. The molecule has 4 aromatic rings. The third kappa shape index (κ3) is 5.12. The number of ether oxygens (including phenoxy) is 3. The topological polar surface area (TPSA) is 98.3 Å². The number of hydrogen-bond donors (Lipinski definition) is 0. The maximum absolute atomic E-state index is 9.88. The van der Waals surface area contributed by atoms with E-state index in [9.17, 15) is 5.26 Å². The number of nitriles is 1. The number of aromatic nitrogens is 4. The summed E-state index contributed by atoms with van der Waals surface area (Å²) >= 11 is 0. The minimum atomic E-state index is -0.206. The van der Waals surface area contributed by atoms with Gasteiger partial charge in [-0.15, -0.1) is 0 Å². The van der Waals surface area contributed by atoms with E-state index in [1.807, 2.05) is 43.7 Å². The van der Waals surface area contributed by atoms with Gasteiger partial charge < -0.3 is 19.1 Å². The lowest BCUT2D eigenvalue weighted by molar-refractivity contribution is -0.0365. The van der Waals surface area contributed by atoms with E-state index in [1.54, 1.807) is 6.20 Å². The third-order valence-electron chi connectivity index (χ3n) is 7.80. The Balaban J connectivity index is 1.45. The highest BCUT2D eigenvalue weighted by Gasteiger charge is 2.24. The molecule has 6 rings (SSSR count). The van der Waals surface area contributed by atoms with Crippen LogP contribution in [0, 0.1) is 25.2 Å². The zero-order chi connectivity index (χ0) is 27.6. The van der Waals surface area contributed by atoms with Crippen molar-refractivity contribution in [2.24, 2.45) is 0 Å². The Bertz CT molecular complexity index is 1540. The van der Waals surface area contributed by atoms with Crippen molar-refractivity contribution in [3.63, 3.8) is 0 Å². The molecule has 206 valence electrons. The average Bonchev–Trinajstić information content (AvgIpc) is 3.36. The number of nitrogens with zero attached hydrogens (tertiary/aromatic N) is 6. The quantitative estimate of drug-likeness (QED) is 0.310. The van der Waals surface area contributed by atoms with Crippen molar-refractivity contribution in [2.45, 2.75) is 52.4 Å². The first-order valence-corrected chi connectivity index (χ1v) is 14.0. The molecule has 1 unspecified atom stereocenters. The predicted molar refractivity (Wildman–Crippen MR) is 152 cm³/mol. The van der Waals surface area contributed by atoms with Gasteiger partial charge in [0.15, 0.2) is 6.23 Å². The molecule has 2 atom stereocenters. The zero-order valence-corrected chi connectivity index (χ0v) is 23.3. The fourth-order valence-corrected chi connectivity index (χ4v) is 5.85. The normalized spacial score (nSPS) is 18.4. The van der Waals surface area contributed by atoms with Gasteiger partial charge in [0.05, 0.1) is 42.3 Å². The molecule has 9 heteroatoms. The third-order valence-corrected chi connectivity index (χ3v) is 7.80. The van der Waals surface area contributed by atoms with Gasteiger partial charge in [0.25, 0.3) is 0 Å². The average molecular weight is 539 g/mol. The number of benzene rings is 2. The van der Waals surface area contributed by atoms with Crippen LogP contribution in [0.2, 0.25) is 0 Å². The zero-order valence-electron chi connectivity index (χ0n) is 23.3. The summed E-state index contributed by atoms with van der Waals surface area (Å²) in [5.41, 5.74) is 7.25. The van der Waals surface area contributed by atoms with E-state index in [1.165, 1.54) is 0 Å². The molecule has 2 saturated heterocycles. The summed E-state index contributed by atoms with van der Waals surface area (Å²) in [4.78, 5) is 2.26. The largest absolute Gasteiger partial charge is 0.486 e. The molecule has 0 N–H and O–H groups in total. The van der Waals surface area contributed by atoms with Gasteiger partial charge in [-0.1, -0.05) is 0 Å². The Hall–Kier alpha value is -4.00. The van der Waals surface area contributed by atoms with Gasteiger partial charge in [0.1, 0.15) is 17.5 Å². The number of hydrogen-bond acceptors (Lipinski definition) is 8. The van der Waals surface area contributed by atoms with Crippen molar-refractivity contribution >= 4 is 16.6 Å². The lowest BCUT2D eigenvalue weighted by atomic mass is 10.0. The van der Waals surface area contributed by atoms with Crippen molar-refractivity contribution in [3.8, 4) is 23.1 Å². The SMILES string of the molecule is Cc1cnnc(C)c1[C@H](C)Oc1ccc2c(c1)c(-c1cc(C#N)cc(N3CCOCC3)c1)nn2C1CCCCO1. The second-order valence-corrected chi connectivity index (χ2v) is 10.6. The molecule has 0 amide bonds. The minimum absolute atomic E-state index is 0.123. The second kappa shape index (κ2) is 11.2. The van der Waals surface area contributed by atoms with Crippen LogP contribution < -0.4 is 9.64 Å². The highest BCUT2D eigenvalue weighted by molar-refractivity contribution is 5.95. The monoisotopic (exact) mass is 538 g/mol. The van der Waals surface area contributed by atoms with Crippen LogP contribution in [0.3, 0.4) is 0 Å². The van der Waals surface area contributed by atoms with Gasteiger partial charge in [-0.3, -0.25) is 0 Å². The molecule has 2 aliphatic rings. The Morgan fingerprint density at radius 2 is 1.93 bits per heavy atom. The fraction of sp³-hybridized carbons (Fsp3) is 0.419. The van der Waals surface area contributed by atoms with Crippen LogP contribution in [0.1, 0.15) is 60.9 Å². The Morgan fingerprint density at radius 1 is 1.07 bits per heavy atom. The van der Waals surface area contributed by atoms with Crippen LogP contribution in [-0.4, -0.2) is 52.9 Å². The lowest BCUT2D eigenvalue weighted by Crippen LogP contribution is -2.36. The summed E-state index contributed by atoms with van der Waals surface area (Å²) in [5, 5.41) is 24.2. The summed E-state index contributed by atoms with van der Waals surface area (Å²) in [6.07, 6.45) is 4.52. The second-order valence-electron chi connectivity index (χ2n) is 10.6. The molecule has 0 saturated carbocycles. The molecule has 0 radical (unpaired) electrons. The van der Waals surface area contributed by atoms with Crippen LogP contribution >= 0.6 is 0 Å². The molecular formula is C31H34N6O3. The van der Waals surface area contributed by atoms with E-state index in [-0.39, 0.29) is 12.3 Å². The van der Waals surface area contributed by atoms with Crippen molar-refractivity contribution < 1.29 is 14.2 Å². The first kappa shape index (κ1) is 26.2. The van der Waals surface area contributed by atoms with Crippen LogP contribution in [-0.2, 0) is 9.47 Å². The summed E-state index contributed by atoms with van der Waals surface area (Å²) < 4.78 is 20.2. The summed E-state index contributed by atoms with van der Waals surface area (Å²) in [7, 11) is 0. The minimum Gasteiger partial charge on any atom is -0.486 e. The van der Waals surface area contributed by atoms with Crippen LogP contribution in [0.15, 0.2) is 42.6 Å². The molecule has 0 bridgehead atoms. The highest BCUT2D eigenvalue weighted by atomic mass is 16.5. The first-order chi connectivity index (χ1) is 19.5. The van der Waals surface area contributed by atoms with Gasteiger partial charge in [-0.25, -0.2) is 4.68 Å². The van der Waals surface area contributed by atoms with Gasteiger partial charge in [-0.05, 0) is 82.0 Å². The first-order valence-electron chi connectivity index (χ1n) is 14.0. The van der Waals surface area contributed by atoms with E-state index >= 15 is 0 Å². The maximum atomic E-state index is 9.88. The Morgan fingerprint density at radius 3 is 2.67 bits per heavy atom. The molecule has 2 fully saturated rings. The summed E-state index contributed by atoms with van der Waals surface area (Å²) in [6, 6.07) is 14.5. The van der Waals surface area contributed by atoms with Crippen molar-refractivity contribution in [1.29, 1.82) is 5.26 Å². The smallest absolute Gasteiger partial charge is 0.150 e. The van der Waals surface area contributed by atoms with Gasteiger partial charge >= 0.3 is 0 Å². The predicted octanol–water partition coefficient (Wildman–Crippen LogP) is 5.66. The van der Waals surface area contributed by atoms with E-state index in [4.69, 9.17) is 19.3 Å². The van der Waals surface area contributed by atoms with E-state index in [0.29, 0.717) is 18.8 Å². The molecule has 2 aromatic carbocycles.